The van der Waals surface area contributed by atoms with Gasteiger partial charge in [0.25, 0.3) is 5.91 Å². The second-order valence-electron chi connectivity index (χ2n) is 8.61. The Bertz CT molecular complexity index is 1240. The van der Waals surface area contributed by atoms with E-state index >= 15 is 0 Å². The van der Waals surface area contributed by atoms with Crippen LogP contribution < -0.4 is 10.1 Å². The second kappa shape index (κ2) is 9.36. The third kappa shape index (κ3) is 5.09. The van der Waals surface area contributed by atoms with E-state index in [0.717, 1.165) is 18.2 Å². The van der Waals surface area contributed by atoms with Gasteiger partial charge in [-0.25, -0.2) is 0 Å². The van der Waals surface area contributed by atoms with E-state index in [-0.39, 0.29) is 24.8 Å². The number of halogens is 5. The first-order valence-corrected chi connectivity index (χ1v) is 11.0. The zero-order valence-corrected chi connectivity index (χ0v) is 18.8. The van der Waals surface area contributed by atoms with Crippen molar-refractivity contribution in [1.82, 2.24) is 10.2 Å². The van der Waals surface area contributed by atoms with Gasteiger partial charge in [0.15, 0.2) is 0 Å². The van der Waals surface area contributed by atoms with Crippen LogP contribution in [0.25, 0.3) is 0 Å². The van der Waals surface area contributed by atoms with Crippen molar-refractivity contribution < 1.29 is 41.1 Å². The van der Waals surface area contributed by atoms with Gasteiger partial charge in [-0.1, -0.05) is 30.8 Å². The zero-order chi connectivity index (χ0) is 26.3. The molecular weight excluding hydrogens is 487 g/mol. The van der Waals surface area contributed by atoms with Crippen LogP contribution in [-0.4, -0.2) is 34.9 Å². The average Bonchev–Trinajstić information content (AvgIpc) is 3.12. The number of ether oxygens (including phenoxy) is 1. The summed E-state index contributed by atoms with van der Waals surface area (Å²) in [6.07, 6.45) is -5.01. The lowest BCUT2D eigenvalue weighted by Gasteiger charge is -2.30. The molecule has 0 spiro atoms. The van der Waals surface area contributed by atoms with Gasteiger partial charge >= 0.3 is 12.3 Å². The maximum absolute atomic E-state index is 14.8. The Hall–Kier alpha value is -3.76. The molecular formula is C25H21F5N2O4. The highest BCUT2D eigenvalue weighted by atomic mass is 19.4. The highest BCUT2D eigenvalue weighted by Crippen LogP contribution is 2.39. The predicted molar refractivity (Wildman–Crippen MR) is 117 cm³/mol. The molecule has 0 aromatic heterocycles. The Morgan fingerprint density at radius 2 is 1.83 bits per heavy atom. The smallest absolute Gasteiger partial charge is 0.405 e. The number of alkyl halides is 5. The van der Waals surface area contributed by atoms with Crippen LogP contribution >= 0.6 is 0 Å². The van der Waals surface area contributed by atoms with Crippen LogP contribution in [0.5, 0.6) is 5.75 Å². The molecule has 4 rings (SSSR count). The summed E-state index contributed by atoms with van der Waals surface area (Å²) in [5.74, 6) is -7.57. The molecule has 2 aliphatic heterocycles. The number of allylic oxidation sites excluding steroid dienone is 1. The van der Waals surface area contributed by atoms with Gasteiger partial charge in [-0.15, -0.1) is 13.2 Å². The molecule has 2 aromatic rings. The number of piperidine rings is 1. The van der Waals surface area contributed by atoms with E-state index in [4.69, 9.17) is 0 Å². The highest BCUT2D eigenvalue weighted by molar-refractivity contribution is 6.01. The van der Waals surface area contributed by atoms with Crippen LogP contribution in [0.2, 0.25) is 0 Å². The van der Waals surface area contributed by atoms with Crippen LogP contribution in [0.3, 0.4) is 0 Å². The summed E-state index contributed by atoms with van der Waals surface area (Å²) in [4.78, 5) is 38.9. The van der Waals surface area contributed by atoms with Crippen LogP contribution in [0.1, 0.15) is 46.3 Å². The van der Waals surface area contributed by atoms with Crippen LogP contribution in [0.4, 0.5) is 22.0 Å². The molecule has 2 aliphatic rings. The van der Waals surface area contributed by atoms with Crippen molar-refractivity contribution in [2.24, 2.45) is 0 Å². The number of para-hydroxylation sites is 1. The van der Waals surface area contributed by atoms with E-state index in [1.54, 1.807) is 6.07 Å². The van der Waals surface area contributed by atoms with Gasteiger partial charge in [0.2, 0.25) is 11.7 Å². The first-order chi connectivity index (χ1) is 16.9. The molecule has 1 atom stereocenters. The number of aryl methyl sites for hydroxylation is 1. The molecule has 1 N–H and O–H groups in total. The Morgan fingerprint density at radius 1 is 1.11 bits per heavy atom. The van der Waals surface area contributed by atoms with E-state index < -0.39 is 41.8 Å². The van der Waals surface area contributed by atoms with E-state index in [1.807, 2.05) is 0 Å². The third-order valence-corrected chi connectivity index (χ3v) is 6.14. The lowest BCUT2D eigenvalue weighted by Crippen LogP contribution is -2.49. The molecule has 1 saturated heterocycles. The number of ketones is 1. The van der Waals surface area contributed by atoms with Crippen molar-refractivity contribution in [3.8, 4) is 5.75 Å². The number of fused-ring (bicyclic) bond motifs is 1. The number of carbonyl (C=O) groups excluding carboxylic acids is 3. The SMILES string of the molecule is C=C1CCC(N2Cc3cc(CCC(=O)C(F)(F)c4ccccc4OC(F)(F)F)ccc3C2=O)C(=O)N1. The van der Waals surface area contributed by atoms with E-state index in [0.29, 0.717) is 41.3 Å². The molecule has 2 amide bonds. The summed E-state index contributed by atoms with van der Waals surface area (Å²) < 4.78 is 71.0. The lowest BCUT2D eigenvalue weighted by atomic mass is 9.97. The number of nitrogens with zero attached hydrogens (tertiary/aromatic N) is 1. The van der Waals surface area contributed by atoms with Gasteiger partial charge in [-0.2, -0.15) is 8.78 Å². The van der Waals surface area contributed by atoms with Gasteiger partial charge in [-0.05, 0) is 48.6 Å². The number of benzene rings is 2. The van der Waals surface area contributed by atoms with Crippen molar-refractivity contribution in [3.05, 3.63) is 77.0 Å². The van der Waals surface area contributed by atoms with E-state index in [1.165, 1.54) is 17.0 Å². The van der Waals surface area contributed by atoms with Crippen LogP contribution in [0.15, 0.2) is 54.7 Å². The third-order valence-electron chi connectivity index (χ3n) is 6.14. The minimum Gasteiger partial charge on any atom is -0.405 e. The summed E-state index contributed by atoms with van der Waals surface area (Å²) in [6.45, 7) is 3.87. The molecule has 2 heterocycles. The molecule has 0 aliphatic carbocycles. The Kier molecular flexibility index (Phi) is 6.59. The van der Waals surface area contributed by atoms with Crippen molar-refractivity contribution in [3.63, 3.8) is 0 Å². The fourth-order valence-corrected chi connectivity index (χ4v) is 4.37. The van der Waals surface area contributed by atoms with E-state index in [2.05, 4.69) is 16.6 Å². The van der Waals surface area contributed by atoms with Gasteiger partial charge in [0, 0.05) is 24.2 Å². The topological polar surface area (TPSA) is 75.7 Å². The minimum atomic E-state index is -5.20. The average molecular weight is 508 g/mol. The summed E-state index contributed by atoms with van der Waals surface area (Å²) in [5, 5.41) is 2.63. The van der Waals surface area contributed by atoms with Crippen molar-refractivity contribution in [1.29, 1.82) is 0 Å². The van der Waals surface area contributed by atoms with Gasteiger partial charge in [0.05, 0.1) is 5.56 Å². The molecule has 190 valence electrons. The molecule has 6 nitrogen and oxygen atoms in total. The highest BCUT2D eigenvalue weighted by Gasteiger charge is 2.44. The minimum absolute atomic E-state index is 0.123. The van der Waals surface area contributed by atoms with Crippen LogP contribution in [0, 0.1) is 0 Å². The number of Topliss-reactive ketones (excluding diaryl/α,β-unsaturated/α-hetero) is 1. The van der Waals surface area contributed by atoms with Crippen molar-refractivity contribution >= 4 is 17.6 Å². The summed E-state index contributed by atoms with van der Waals surface area (Å²) in [6, 6.07) is 7.61. The van der Waals surface area contributed by atoms with Gasteiger partial charge < -0.3 is 15.0 Å². The fourth-order valence-electron chi connectivity index (χ4n) is 4.37. The molecule has 1 fully saturated rings. The summed E-state index contributed by atoms with van der Waals surface area (Å²) in [7, 11) is 0. The molecule has 2 aromatic carbocycles. The Labute approximate surface area is 202 Å². The monoisotopic (exact) mass is 508 g/mol. The standard InChI is InChI=1S/C25H21F5N2O4/c1-14-6-10-19(22(34)31-14)32-13-16-12-15(7-9-17(16)23(32)35)8-11-21(33)24(26,27)18-4-2-3-5-20(18)36-25(28,29)30/h2-5,7,9,12,19H,1,6,8,10-11,13H2,(H,31,34). The number of hydrogen-bond acceptors (Lipinski definition) is 4. The van der Waals surface area contributed by atoms with Gasteiger partial charge in [-0.3, -0.25) is 14.4 Å². The van der Waals surface area contributed by atoms with E-state index in [9.17, 15) is 36.3 Å². The Balaban J connectivity index is 1.45. The number of hydrogen-bond donors (Lipinski definition) is 1. The Morgan fingerprint density at radius 3 is 2.53 bits per heavy atom. The van der Waals surface area contributed by atoms with Crippen molar-refractivity contribution in [2.45, 2.75) is 50.6 Å². The maximum atomic E-state index is 14.8. The summed E-state index contributed by atoms with van der Waals surface area (Å²) in [5.41, 5.74) is 0.880. The molecule has 0 saturated carbocycles. The molecule has 1 unspecified atom stereocenters. The first kappa shape index (κ1) is 25.3. The molecule has 36 heavy (non-hydrogen) atoms. The largest absolute Gasteiger partial charge is 0.573 e. The maximum Gasteiger partial charge on any atom is 0.573 e. The molecule has 11 heteroatoms. The predicted octanol–water partition coefficient (Wildman–Crippen LogP) is 4.63. The second-order valence-corrected chi connectivity index (χ2v) is 8.61. The molecule has 0 radical (unpaired) electrons. The fraction of sp³-hybridized carbons (Fsp3) is 0.320. The first-order valence-electron chi connectivity index (χ1n) is 11.0. The molecule has 0 bridgehead atoms. The zero-order valence-electron chi connectivity index (χ0n) is 18.8. The number of amides is 2. The lowest BCUT2D eigenvalue weighted by molar-refractivity contribution is -0.275. The normalized spacial score (nSPS) is 18.2. The number of nitrogens with one attached hydrogen (secondary N) is 1. The van der Waals surface area contributed by atoms with Gasteiger partial charge in [0.1, 0.15) is 11.8 Å². The number of rotatable bonds is 7. The van der Waals surface area contributed by atoms with Crippen molar-refractivity contribution in [2.75, 3.05) is 0 Å². The summed E-state index contributed by atoms with van der Waals surface area (Å²) >= 11 is 0. The van der Waals surface area contributed by atoms with Crippen LogP contribution in [-0.2, 0) is 28.5 Å². The number of carbonyl (C=O) groups is 3. The quantitative estimate of drug-likeness (QED) is 0.554.